The topological polar surface area (TPSA) is 65.5 Å². The predicted octanol–water partition coefficient (Wildman–Crippen LogP) is 2.39. The van der Waals surface area contributed by atoms with Gasteiger partial charge < -0.3 is 15.1 Å². The van der Waals surface area contributed by atoms with E-state index in [1.165, 1.54) is 12.3 Å². The second kappa shape index (κ2) is 8.22. The molecule has 1 fully saturated rings. The first-order chi connectivity index (χ1) is 13.0. The van der Waals surface area contributed by atoms with Gasteiger partial charge in [-0.3, -0.25) is 14.6 Å². The Labute approximate surface area is 155 Å². The van der Waals surface area contributed by atoms with Crippen molar-refractivity contribution >= 4 is 17.5 Å². The maximum absolute atomic E-state index is 13.7. The van der Waals surface area contributed by atoms with Gasteiger partial charge in [0.15, 0.2) is 0 Å². The molecule has 27 heavy (non-hydrogen) atoms. The first-order valence-electron chi connectivity index (χ1n) is 8.72. The Balaban J connectivity index is 1.71. The number of carbonyl (C=O) groups is 2. The SMILES string of the molecule is CCN1CCN(C(=O)c2ccnc(C(=O)Nc3ccc(F)cc3F)c2)CC1. The van der Waals surface area contributed by atoms with Gasteiger partial charge >= 0.3 is 0 Å². The highest BCUT2D eigenvalue weighted by atomic mass is 19.1. The minimum Gasteiger partial charge on any atom is -0.336 e. The maximum atomic E-state index is 13.7. The number of amides is 2. The zero-order chi connectivity index (χ0) is 19.4. The van der Waals surface area contributed by atoms with E-state index in [0.29, 0.717) is 24.7 Å². The monoisotopic (exact) mass is 374 g/mol. The first-order valence-corrected chi connectivity index (χ1v) is 8.72. The Morgan fingerprint density at radius 2 is 1.85 bits per heavy atom. The fourth-order valence-electron chi connectivity index (χ4n) is 2.91. The maximum Gasteiger partial charge on any atom is 0.274 e. The van der Waals surface area contributed by atoms with E-state index in [1.807, 2.05) is 0 Å². The molecule has 0 bridgehead atoms. The third-order valence-corrected chi connectivity index (χ3v) is 4.53. The van der Waals surface area contributed by atoms with Gasteiger partial charge in [0.2, 0.25) is 0 Å². The van der Waals surface area contributed by atoms with Crippen molar-refractivity contribution in [2.75, 3.05) is 38.0 Å². The molecular weight excluding hydrogens is 354 g/mol. The summed E-state index contributed by atoms with van der Waals surface area (Å²) in [7, 11) is 0. The Bertz CT molecular complexity index is 851. The van der Waals surface area contributed by atoms with Gasteiger partial charge in [-0.15, -0.1) is 0 Å². The average molecular weight is 374 g/mol. The summed E-state index contributed by atoms with van der Waals surface area (Å²) < 4.78 is 26.7. The number of rotatable bonds is 4. The molecule has 1 aromatic heterocycles. The van der Waals surface area contributed by atoms with E-state index in [2.05, 4.69) is 22.1 Å². The molecule has 0 unspecified atom stereocenters. The van der Waals surface area contributed by atoms with E-state index in [0.717, 1.165) is 31.8 Å². The Hall–Kier alpha value is -2.87. The van der Waals surface area contributed by atoms with Gasteiger partial charge in [0.25, 0.3) is 11.8 Å². The molecule has 1 aliphatic rings. The van der Waals surface area contributed by atoms with Crippen LogP contribution >= 0.6 is 0 Å². The van der Waals surface area contributed by atoms with E-state index in [9.17, 15) is 18.4 Å². The summed E-state index contributed by atoms with van der Waals surface area (Å²) in [5.41, 5.74) is 0.173. The van der Waals surface area contributed by atoms with Gasteiger partial charge in [-0.25, -0.2) is 8.78 Å². The van der Waals surface area contributed by atoms with E-state index in [1.54, 1.807) is 11.0 Å². The van der Waals surface area contributed by atoms with Crippen LogP contribution in [0, 0.1) is 11.6 Å². The summed E-state index contributed by atoms with van der Waals surface area (Å²) in [5, 5.41) is 2.34. The van der Waals surface area contributed by atoms with Crippen LogP contribution in [0.25, 0.3) is 0 Å². The molecule has 1 aromatic carbocycles. The number of anilines is 1. The molecule has 0 saturated carbocycles. The quantitative estimate of drug-likeness (QED) is 0.893. The zero-order valence-corrected chi connectivity index (χ0v) is 14.9. The largest absolute Gasteiger partial charge is 0.336 e. The van der Waals surface area contributed by atoms with Crippen LogP contribution in [0.2, 0.25) is 0 Å². The van der Waals surface area contributed by atoms with Crippen LogP contribution in [-0.4, -0.2) is 59.3 Å². The second-order valence-corrected chi connectivity index (χ2v) is 6.23. The minimum atomic E-state index is -0.885. The van der Waals surface area contributed by atoms with Crippen molar-refractivity contribution in [3.05, 3.63) is 59.4 Å². The number of pyridine rings is 1. The predicted molar refractivity (Wildman–Crippen MR) is 96.6 cm³/mol. The molecule has 3 rings (SSSR count). The van der Waals surface area contributed by atoms with Crippen LogP contribution in [0.15, 0.2) is 36.5 Å². The number of likely N-dealkylation sites (N-methyl/N-ethyl adjacent to an activating group) is 1. The molecule has 0 aliphatic carbocycles. The molecular formula is C19H20F2N4O2. The van der Waals surface area contributed by atoms with Crippen LogP contribution in [0.3, 0.4) is 0 Å². The Morgan fingerprint density at radius 1 is 1.11 bits per heavy atom. The second-order valence-electron chi connectivity index (χ2n) is 6.23. The van der Waals surface area contributed by atoms with Gasteiger partial charge in [-0.2, -0.15) is 0 Å². The summed E-state index contributed by atoms with van der Waals surface area (Å²) in [6.07, 6.45) is 1.37. The van der Waals surface area contributed by atoms with Crippen molar-refractivity contribution in [1.29, 1.82) is 0 Å². The summed E-state index contributed by atoms with van der Waals surface area (Å²) in [4.78, 5) is 32.9. The highest BCUT2D eigenvalue weighted by Crippen LogP contribution is 2.16. The van der Waals surface area contributed by atoms with Crippen molar-refractivity contribution in [3.63, 3.8) is 0 Å². The minimum absolute atomic E-state index is 0.0169. The number of hydrogen-bond donors (Lipinski definition) is 1. The van der Waals surface area contributed by atoms with Gasteiger partial charge in [0.1, 0.15) is 17.3 Å². The molecule has 8 heteroatoms. The van der Waals surface area contributed by atoms with E-state index >= 15 is 0 Å². The standard InChI is InChI=1S/C19H20F2N4O2/c1-2-24-7-9-25(10-8-24)19(27)13-5-6-22-17(11-13)18(26)23-16-4-3-14(20)12-15(16)21/h3-6,11-12H,2,7-10H2,1H3,(H,23,26). The molecule has 2 aromatic rings. The smallest absolute Gasteiger partial charge is 0.274 e. The zero-order valence-electron chi connectivity index (χ0n) is 14.9. The van der Waals surface area contributed by atoms with E-state index in [-0.39, 0.29) is 17.3 Å². The fourth-order valence-corrected chi connectivity index (χ4v) is 2.91. The lowest BCUT2D eigenvalue weighted by Crippen LogP contribution is -2.48. The molecule has 0 radical (unpaired) electrons. The molecule has 0 spiro atoms. The first kappa shape index (κ1) is 18.9. The molecule has 2 amide bonds. The highest BCUT2D eigenvalue weighted by molar-refractivity contribution is 6.04. The number of carbonyl (C=O) groups excluding carboxylic acids is 2. The van der Waals surface area contributed by atoms with Gasteiger partial charge in [0.05, 0.1) is 5.69 Å². The fraction of sp³-hybridized carbons (Fsp3) is 0.316. The molecule has 6 nitrogen and oxygen atoms in total. The number of nitrogens with zero attached hydrogens (tertiary/aromatic N) is 3. The molecule has 142 valence electrons. The number of hydrogen-bond acceptors (Lipinski definition) is 4. The summed E-state index contributed by atoms with van der Waals surface area (Å²) in [6, 6.07) is 5.78. The Kier molecular flexibility index (Phi) is 5.75. The number of nitrogens with one attached hydrogen (secondary N) is 1. The van der Waals surface area contributed by atoms with Crippen molar-refractivity contribution in [1.82, 2.24) is 14.8 Å². The van der Waals surface area contributed by atoms with Crippen LogP contribution in [0.4, 0.5) is 14.5 Å². The molecule has 1 saturated heterocycles. The van der Waals surface area contributed by atoms with Crippen molar-refractivity contribution in [2.24, 2.45) is 0 Å². The Morgan fingerprint density at radius 3 is 2.52 bits per heavy atom. The average Bonchev–Trinajstić information content (AvgIpc) is 2.69. The summed E-state index contributed by atoms with van der Waals surface area (Å²) in [5.74, 6) is -2.47. The summed E-state index contributed by atoms with van der Waals surface area (Å²) >= 11 is 0. The van der Waals surface area contributed by atoms with Gasteiger partial charge in [-0.1, -0.05) is 6.92 Å². The van der Waals surface area contributed by atoms with Crippen molar-refractivity contribution in [3.8, 4) is 0 Å². The number of aromatic nitrogens is 1. The van der Waals surface area contributed by atoms with Crippen LogP contribution < -0.4 is 5.32 Å². The lowest BCUT2D eigenvalue weighted by molar-refractivity contribution is 0.0643. The molecule has 2 heterocycles. The molecule has 1 aliphatic heterocycles. The van der Waals surface area contributed by atoms with Crippen LogP contribution in [0.1, 0.15) is 27.8 Å². The van der Waals surface area contributed by atoms with Crippen molar-refractivity contribution in [2.45, 2.75) is 6.92 Å². The van der Waals surface area contributed by atoms with Gasteiger partial charge in [0, 0.05) is 44.0 Å². The van der Waals surface area contributed by atoms with Crippen LogP contribution in [0.5, 0.6) is 0 Å². The third kappa shape index (κ3) is 4.46. The summed E-state index contributed by atoms with van der Waals surface area (Å²) in [6.45, 7) is 5.89. The van der Waals surface area contributed by atoms with E-state index < -0.39 is 17.5 Å². The highest BCUT2D eigenvalue weighted by Gasteiger charge is 2.22. The van der Waals surface area contributed by atoms with E-state index in [4.69, 9.17) is 0 Å². The number of halogens is 2. The normalized spacial score (nSPS) is 14.9. The van der Waals surface area contributed by atoms with Crippen molar-refractivity contribution < 1.29 is 18.4 Å². The lowest BCUT2D eigenvalue weighted by atomic mass is 10.1. The number of benzene rings is 1. The van der Waals surface area contributed by atoms with Crippen LogP contribution in [-0.2, 0) is 0 Å². The number of piperazine rings is 1. The molecule has 1 N–H and O–H groups in total. The molecule has 0 atom stereocenters. The third-order valence-electron chi connectivity index (χ3n) is 4.53. The van der Waals surface area contributed by atoms with Gasteiger partial charge in [-0.05, 0) is 30.8 Å². The lowest BCUT2D eigenvalue weighted by Gasteiger charge is -2.34.